The van der Waals surface area contributed by atoms with Crippen LogP contribution >= 0.6 is 0 Å². The van der Waals surface area contributed by atoms with Gasteiger partial charge in [0.25, 0.3) is 0 Å². The van der Waals surface area contributed by atoms with Crippen molar-refractivity contribution in [2.45, 2.75) is 39.6 Å². The van der Waals surface area contributed by atoms with Gasteiger partial charge in [-0.25, -0.2) is 0 Å². The average molecular weight is 296 g/mol. The molecule has 1 unspecified atom stereocenters. The summed E-state index contributed by atoms with van der Waals surface area (Å²) in [6.07, 6.45) is 1.68. The Kier molecular flexibility index (Phi) is 5.21. The van der Waals surface area contributed by atoms with Crippen LogP contribution in [0.25, 0.3) is 0 Å². The van der Waals surface area contributed by atoms with Crippen molar-refractivity contribution in [3.8, 4) is 5.75 Å². The molecule has 2 rings (SSSR count). The molecule has 0 saturated carbocycles. The first-order chi connectivity index (χ1) is 10.1. The zero-order valence-electron chi connectivity index (χ0n) is 12.0. The van der Waals surface area contributed by atoms with Gasteiger partial charge in [0, 0.05) is 12.6 Å². The molecule has 1 aromatic heterocycles. The van der Waals surface area contributed by atoms with E-state index >= 15 is 0 Å². The van der Waals surface area contributed by atoms with Gasteiger partial charge in [-0.05, 0) is 31.5 Å². The Morgan fingerprint density at radius 1 is 1.38 bits per heavy atom. The highest BCUT2D eigenvalue weighted by atomic mass is 19.3. The minimum absolute atomic E-state index is 0.0202. The van der Waals surface area contributed by atoms with Gasteiger partial charge in [-0.3, -0.25) is 0 Å². The number of hydrogen-bond acceptors (Lipinski definition) is 4. The lowest BCUT2D eigenvalue weighted by Crippen LogP contribution is -2.20. The third kappa shape index (κ3) is 4.22. The van der Waals surface area contributed by atoms with E-state index in [0.717, 1.165) is 17.9 Å². The van der Waals surface area contributed by atoms with E-state index < -0.39 is 6.61 Å². The average Bonchev–Trinajstić information content (AvgIpc) is 2.91. The number of rotatable bonds is 7. The Morgan fingerprint density at radius 2 is 2.19 bits per heavy atom. The number of aryl methyl sites for hydroxylation is 1. The Hall–Kier alpha value is -2.02. The standard InChI is InChI=1S/C14H18F2N4O/c1-3-20-9-18-19-13(20)8-17-10(2)11-5-4-6-12(7-11)21-14(15)16/h4-7,9-10,14,17H,3,8H2,1-2H3. The topological polar surface area (TPSA) is 52.0 Å². The summed E-state index contributed by atoms with van der Waals surface area (Å²) < 4.78 is 30.8. The fourth-order valence-electron chi connectivity index (χ4n) is 2.00. The maximum Gasteiger partial charge on any atom is 0.387 e. The molecule has 1 aromatic carbocycles. The van der Waals surface area contributed by atoms with E-state index in [9.17, 15) is 8.78 Å². The molecule has 0 amide bonds. The van der Waals surface area contributed by atoms with Crippen LogP contribution in [0.4, 0.5) is 8.78 Å². The summed E-state index contributed by atoms with van der Waals surface area (Å²) in [7, 11) is 0. The van der Waals surface area contributed by atoms with Crippen molar-refractivity contribution in [1.29, 1.82) is 0 Å². The Morgan fingerprint density at radius 3 is 2.90 bits per heavy atom. The molecule has 0 fully saturated rings. The lowest BCUT2D eigenvalue weighted by atomic mass is 10.1. The van der Waals surface area contributed by atoms with E-state index in [-0.39, 0.29) is 11.8 Å². The molecule has 7 heteroatoms. The first kappa shape index (κ1) is 15.4. The van der Waals surface area contributed by atoms with Crippen molar-refractivity contribution < 1.29 is 13.5 Å². The van der Waals surface area contributed by atoms with Crippen LogP contribution in [-0.4, -0.2) is 21.4 Å². The van der Waals surface area contributed by atoms with E-state index in [2.05, 4.69) is 20.3 Å². The maximum absolute atomic E-state index is 12.2. The molecule has 0 saturated heterocycles. The SMILES string of the molecule is CCn1cnnc1CNC(C)c1cccc(OC(F)F)c1. The third-order valence-corrected chi connectivity index (χ3v) is 3.19. The zero-order chi connectivity index (χ0) is 15.2. The molecule has 0 aliphatic carbocycles. The Labute approximate surface area is 121 Å². The van der Waals surface area contributed by atoms with Crippen LogP contribution in [0.1, 0.15) is 31.3 Å². The number of nitrogens with zero attached hydrogens (tertiary/aromatic N) is 3. The van der Waals surface area contributed by atoms with Gasteiger partial charge in [0.1, 0.15) is 17.9 Å². The molecule has 0 aliphatic rings. The summed E-state index contributed by atoms with van der Waals surface area (Å²) in [5.41, 5.74) is 0.871. The van der Waals surface area contributed by atoms with E-state index in [1.165, 1.54) is 6.07 Å². The molecule has 1 atom stereocenters. The summed E-state index contributed by atoms with van der Waals surface area (Å²) in [6.45, 7) is 2.51. The highest BCUT2D eigenvalue weighted by Gasteiger charge is 2.10. The summed E-state index contributed by atoms with van der Waals surface area (Å²) in [5, 5.41) is 11.2. The van der Waals surface area contributed by atoms with Crippen LogP contribution in [0.3, 0.4) is 0 Å². The van der Waals surface area contributed by atoms with E-state index in [4.69, 9.17) is 0 Å². The predicted molar refractivity (Wildman–Crippen MR) is 74.0 cm³/mol. The Balaban J connectivity index is 1.98. The summed E-state index contributed by atoms with van der Waals surface area (Å²) in [6, 6.07) is 6.65. The molecular formula is C14H18F2N4O. The number of nitrogens with one attached hydrogen (secondary N) is 1. The molecular weight excluding hydrogens is 278 g/mol. The molecule has 0 radical (unpaired) electrons. The van der Waals surface area contributed by atoms with Crippen LogP contribution in [0.5, 0.6) is 5.75 Å². The molecule has 0 bridgehead atoms. The van der Waals surface area contributed by atoms with Crippen molar-refractivity contribution in [1.82, 2.24) is 20.1 Å². The van der Waals surface area contributed by atoms with Gasteiger partial charge in [-0.1, -0.05) is 12.1 Å². The number of benzene rings is 1. The highest BCUT2D eigenvalue weighted by Crippen LogP contribution is 2.20. The van der Waals surface area contributed by atoms with Gasteiger partial charge in [-0.15, -0.1) is 10.2 Å². The number of alkyl halides is 2. The van der Waals surface area contributed by atoms with Crippen molar-refractivity contribution in [3.63, 3.8) is 0 Å². The van der Waals surface area contributed by atoms with Crippen molar-refractivity contribution in [3.05, 3.63) is 42.0 Å². The van der Waals surface area contributed by atoms with E-state index in [0.29, 0.717) is 6.54 Å². The van der Waals surface area contributed by atoms with Crippen LogP contribution in [0, 0.1) is 0 Å². The number of aromatic nitrogens is 3. The lowest BCUT2D eigenvalue weighted by molar-refractivity contribution is -0.0499. The minimum atomic E-state index is -2.81. The van der Waals surface area contributed by atoms with Gasteiger partial charge < -0.3 is 14.6 Å². The maximum atomic E-state index is 12.2. The first-order valence-electron chi connectivity index (χ1n) is 6.75. The Bertz CT molecular complexity index is 574. The van der Waals surface area contributed by atoms with Gasteiger partial charge >= 0.3 is 6.61 Å². The second-order valence-corrected chi connectivity index (χ2v) is 4.59. The summed E-state index contributed by atoms with van der Waals surface area (Å²) >= 11 is 0. The van der Waals surface area contributed by atoms with Gasteiger partial charge in [0.05, 0.1) is 6.54 Å². The van der Waals surface area contributed by atoms with Crippen molar-refractivity contribution in [2.24, 2.45) is 0 Å². The van der Waals surface area contributed by atoms with Gasteiger partial charge in [-0.2, -0.15) is 8.78 Å². The van der Waals surface area contributed by atoms with Gasteiger partial charge in [0.2, 0.25) is 0 Å². The van der Waals surface area contributed by atoms with E-state index in [1.54, 1.807) is 18.5 Å². The molecule has 2 aromatic rings. The van der Waals surface area contributed by atoms with Crippen molar-refractivity contribution in [2.75, 3.05) is 0 Å². The monoisotopic (exact) mass is 296 g/mol. The van der Waals surface area contributed by atoms with Crippen LogP contribution in [0.15, 0.2) is 30.6 Å². The normalized spacial score (nSPS) is 12.6. The molecule has 21 heavy (non-hydrogen) atoms. The predicted octanol–water partition coefficient (Wildman–Crippen LogP) is 2.75. The quantitative estimate of drug-likeness (QED) is 0.853. The zero-order valence-corrected chi connectivity index (χ0v) is 12.0. The van der Waals surface area contributed by atoms with Crippen LogP contribution in [0.2, 0.25) is 0 Å². The second kappa shape index (κ2) is 7.12. The fraction of sp³-hybridized carbons (Fsp3) is 0.429. The molecule has 5 nitrogen and oxygen atoms in total. The van der Waals surface area contributed by atoms with Crippen LogP contribution < -0.4 is 10.1 Å². The van der Waals surface area contributed by atoms with Crippen molar-refractivity contribution >= 4 is 0 Å². The molecule has 114 valence electrons. The van der Waals surface area contributed by atoms with Gasteiger partial charge in [0.15, 0.2) is 0 Å². The number of ether oxygens (including phenoxy) is 1. The molecule has 1 heterocycles. The lowest BCUT2D eigenvalue weighted by Gasteiger charge is -2.15. The summed E-state index contributed by atoms with van der Waals surface area (Å²) in [4.78, 5) is 0. The molecule has 0 spiro atoms. The van der Waals surface area contributed by atoms with E-state index in [1.807, 2.05) is 24.5 Å². The molecule has 0 aliphatic heterocycles. The van der Waals surface area contributed by atoms with Crippen LogP contribution in [-0.2, 0) is 13.1 Å². The summed E-state index contributed by atoms with van der Waals surface area (Å²) in [5.74, 6) is 0.997. The second-order valence-electron chi connectivity index (χ2n) is 4.59. The minimum Gasteiger partial charge on any atom is -0.435 e. The number of hydrogen-bond donors (Lipinski definition) is 1. The third-order valence-electron chi connectivity index (χ3n) is 3.19. The smallest absolute Gasteiger partial charge is 0.387 e. The highest BCUT2D eigenvalue weighted by molar-refractivity contribution is 5.30. The largest absolute Gasteiger partial charge is 0.435 e. The fourth-order valence-corrected chi connectivity index (χ4v) is 2.00. The number of halogens is 2. The molecule has 1 N–H and O–H groups in total. The first-order valence-corrected chi connectivity index (χ1v) is 6.75.